The standard InChI is InChI=1S/C11H13N3O/c1-7(12-2)9-6-14-11(15)10-5-13-4-3-8(9)10/h3-7,12H,1-2H3,(H,14,15). The Balaban J connectivity index is 2.77. The van der Waals surface area contributed by atoms with Gasteiger partial charge < -0.3 is 10.3 Å². The van der Waals surface area contributed by atoms with Crippen LogP contribution in [0, 0.1) is 0 Å². The van der Waals surface area contributed by atoms with E-state index < -0.39 is 0 Å². The largest absolute Gasteiger partial charge is 0.328 e. The Bertz CT molecular complexity index is 533. The van der Waals surface area contributed by atoms with E-state index in [1.54, 1.807) is 18.6 Å². The summed E-state index contributed by atoms with van der Waals surface area (Å²) in [4.78, 5) is 18.2. The molecule has 0 amide bonds. The van der Waals surface area contributed by atoms with Gasteiger partial charge in [0.25, 0.3) is 5.56 Å². The molecule has 0 spiro atoms. The van der Waals surface area contributed by atoms with Crippen molar-refractivity contribution < 1.29 is 0 Å². The van der Waals surface area contributed by atoms with Crippen LogP contribution in [0.15, 0.2) is 29.5 Å². The lowest BCUT2D eigenvalue weighted by atomic mass is 10.0. The Morgan fingerprint density at radius 3 is 3.00 bits per heavy atom. The summed E-state index contributed by atoms with van der Waals surface area (Å²) in [5.41, 5.74) is 0.986. The number of hydrogen-bond donors (Lipinski definition) is 2. The van der Waals surface area contributed by atoms with Gasteiger partial charge in [0.1, 0.15) is 0 Å². The minimum Gasteiger partial charge on any atom is -0.328 e. The van der Waals surface area contributed by atoms with Gasteiger partial charge in [0.2, 0.25) is 0 Å². The highest BCUT2D eigenvalue weighted by atomic mass is 16.1. The second-order valence-corrected chi connectivity index (χ2v) is 3.50. The van der Waals surface area contributed by atoms with Gasteiger partial charge in [-0.2, -0.15) is 0 Å². The Labute approximate surface area is 87.4 Å². The van der Waals surface area contributed by atoms with Crippen molar-refractivity contribution in [3.63, 3.8) is 0 Å². The summed E-state index contributed by atoms with van der Waals surface area (Å²) in [5, 5.41) is 4.74. The summed E-state index contributed by atoms with van der Waals surface area (Å²) < 4.78 is 0. The molecule has 0 aliphatic carbocycles. The van der Waals surface area contributed by atoms with E-state index in [9.17, 15) is 4.79 Å². The summed E-state index contributed by atoms with van der Waals surface area (Å²) in [5.74, 6) is 0. The molecule has 2 aromatic heterocycles. The monoisotopic (exact) mass is 203 g/mol. The zero-order valence-corrected chi connectivity index (χ0v) is 8.74. The smallest absolute Gasteiger partial charge is 0.257 e. The molecule has 15 heavy (non-hydrogen) atoms. The van der Waals surface area contributed by atoms with Crippen molar-refractivity contribution in [2.45, 2.75) is 13.0 Å². The number of aromatic amines is 1. The number of rotatable bonds is 2. The number of nitrogens with one attached hydrogen (secondary N) is 2. The average Bonchev–Trinajstić information content (AvgIpc) is 2.29. The number of fused-ring (bicyclic) bond motifs is 1. The molecule has 1 unspecified atom stereocenters. The van der Waals surface area contributed by atoms with Gasteiger partial charge in [0.05, 0.1) is 5.39 Å². The summed E-state index contributed by atoms with van der Waals surface area (Å²) in [6, 6.07) is 2.07. The fourth-order valence-corrected chi connectivity index (χ4v) is 1.64. The third-order valence-electron chi connectivity index (χ3n) is 2.63. The Morgan fingerprint density at radius 2 is 2.27 bits per heavy atom. The van der Waals surface area contributed by atoms with Gasteiger partial charge in [0.15, 0.2) is 0 Å². The first-order chi connectivity index (χ1) is 7.24. The minimum absolute atomic E-state index is 0.0925. The number of pyridine rings is 2. The predicted octanol–water partition coefficient (Wildman–Crippen LogP) is 1.20. The lowest BCUT2D eigenvalue weighted by molar-refractivity contribution is 0.654. The quantitative estimate of drug-likeness (QED) is 0.771. The highest BCUT2D eigenvalue weighted by Crippen LogP contribution is 2.19. The van der Waals surface area contributed by atoms with Crippen LogP contribution in [0.3, 0.4) is 0 Å². The second kappa shape index (κ2) is 3.82. The topological polar surface area (TPSA) is 57.8 Å². The van der Waals surface area contributed by atoms with Gasteiger partial charge in [0, 0.05) is 24.6 Å². The van der Waals surface area contributed by atoms with Gasteiger partial charge in [-0.3, -0.25) is 9.78 Å². The normalized spacial score (nSPS) is 12.9. The number of nitrogens with zero attached hydrogens (tertiary/aromatic N) is 1. The van der Waals surface area contributed by atoms with Gasteiger partial charge in [-0.15, -0.1) is 0 Å². The van der Waals surface area contributed by atoms with E-state index in [0.29, 0.717) is 5.39 Å². The summed E-state index contributed by atoms with van der Waals surface area (Å²) in [7, 11) is 1.89. The molecule has 0 radical (unpaired) electrons. The van der Waals surface area contributed by atoms with E-state index in [1.807, 2.05) is 20.0 Å². The molecule has 2 aromatic rings. The first-order valence-electron chi connectivity index (χ1n) is 4.86. The Kier molecular flexibility index (Phi) is 2.51. The highest BCUT2D eigenvalue weighted by molar-refractivity contribution is 5.83. The van der Waals surface area contributed by atoms with Crippen molar-refractivity contribution in [1.82, 2.24) is 15.3 Å². The van der Waals surface area contributed by atoms with E-state index in [4.69, 9.17) is 0 Å². The fraction of sp³-hybridized carbons (Fsp3) is 0.273. The van der Waals surface area contributed by atoms with Crippen LogP contribution < -0.4 is 10.9 Å². The van der Waals surface area contributed by atoms with Crippen molar-refractivity contribution in [2.75, 3.05) is 7.05 Å². The van der Waals surface area contributed by atoms with E-state index in [2.05, 4.69) is 15.3 Å². The average molecular weight is 203 g/mol. The molecule has 0 aliphatic rings. The lowest BCUT2D eigenvalue weighted by Crippen LogP contribution is -2.16. The predicted molar refractivity (Wildman–Crippen MR) is 59.8 cm³/mol. The second-order valence-electron chi connectivity index (χ2n) is 3.50. The maximum absolute atomic E-state index is 11.5. The Hall–Kier alpha value is -1.68. The summed E-state index contributed by atoms with van der Waals surface area (Å²) in [6.07, 6.45) is 5.06. The molecule has 0 saturated heterocycles. The SMILES string of the molecule is CNC(C)c1c[nH]c(=O)c2cnccc12. The molecule has 2 heterocycles. The Morgan fingerprint density at radius 1 is 1.47 bits per heavy atom. The fourth-order valence-electron chi connectivity index (χ4n) is 1.64. The molecule has 4 heteroatoms. The molecule has 1 atom stereocenters. The zero-order valence-electron chi connectivity index (χ0n) is 8.74. The molecule has 0 bridgehead atoms. The summed E-state index contributed by atoms with van der Waals surface area (Å²) in [6.45, 7) is 2.05. The molecule has 0 saturated carbocycles. The zero-order chi connectivity index (χ0) is 10.8. The van der Waals surface area contributed by atoms with Crippen molar-refractivity contribution in [3.8, 4) is 0 Å². The molecular weight excluding hydrogens is 190 g/mol. The van der Waals surface area contributed by atoms with Crippen molar-refractivity contribution in [1.29, 1.82) is 0 Å². The maximum Gasteiger partial charge on any atom is 0.257 e. The van der Waals surface area contributed by atoms with Crippen LogP contribution >= 0.6 is 0 Å². The van der Waals surface area contributed by atoms with Crippen LogP contribution in [0.1, 0.15) is 18.5 Å². The van der Waals surface area contributed by atoms with Gasteiger partial charge in [-0.25, -0.2) is 0 Å². The van der Waals surface area contributed by atoms with Crippen LogP contribution in [-0.2, 0) is 0 Å². The van der Waals surface area contributed by atoms with Crippen molar-refractivity contribution >= 4 is 10.8 Å². The molecule has 0 aromatic carbocycles. The first kappa shape index (κ1) is 9.86. The van der Waals surface area contributed by atoms with Gasteiger partial charge in [-0.05, 0) is 31.0 Å². The van der Waals surface area contributed by atoms with Gasteiger partial charge >= 0.3 is 0 Å². The van der Waals surface area contributed by atoms with Crippen LogP contribution in [0.25, 0.3) is 10.8 Å². The van der Waals surface area contributed by atoms with Crippen molar-refractivity contribution in [2.24, 2.45) is 0 Å². The number of aromatic nitrogens is 2. The lowest BCUT2D eigenvalue weighted by Gasteiger charge is -2.12. The molecule has 2 rings (SSSR count). The molecule has 0 aliphatic heterocycles. The van der Waals surface area contributed by atoms with E-state index in [0.717, 1.165) is 10.9 Å². The van der Waals surface area contributed by atoms with E-state index in [1.165, 1.54) is 0 Å². The van der Waals surface area contributed by atoms with Gasteiger partial charge in [-0.1, -0.05) is 0 Å². The van der Waals surface area contributed by atoms with Crippen molar-refractivity contribution in [3.05, 3.63) is 40.6 Å². The number of hydrogen-bond acceptors (Lipinski definition) is 3. The molecule has 4 nitrogen and oxygen atoms in total. The van der Waals surface area contributed by atoms with Crippen LogP contribution in [-0.4, -0.2) is 17.0 Å². The maximum atomic E-state index is 11.5. The third-order valence-corrected chi connectivity index (χ3v) is 2.63. The minimum atomic E-state index is -0.0925. The molecule has 0 fully saturated rings. The number of H-pyrrole nitrogens is 1. The molecule has 2 N–H and O–H groups in total. The third kappa shape index (κ3) is 1.64. The molecular formula is C11H13N3O. The summed E-state index contributed by atoms with van der Waals surface area (Å²) >= 11 is 0. The van der Waals surface area contributed by atoms with Crippen LogP contribution in [0.4, 0.5) is 0 Å². The molecule has 78 valence electrons. The van der Waals surface area contributed by atoms with E-state index >= 15 is 0 Å². The highest BCUT2D eigenvalue weighted by Gasteiger charge is 2.08. The first-order valence-corrected chi connectivity index (χ1v) is 4.86. The van der Waals surface area contributed by atoms with E-state index in [-0.39, 0.29) is 11.6 Å². The van der Waals surface area contributed by atoms with Crippen LogP contribution in [0.2, 0.25) is 0 Å². The van der Waals surface area contributed by atoms with Crippen LogP contribution in [0.5, 0.6) is 0 Å².